The van der Waals surface area contributed by atoms with Crippen molar-refractivity contribution in [3.8, 4) is 0 Å². The van der Waals surface area contributed by atoms with Crippen LogP contribution in [0.25, 0.3) is 16.7 Å². The topological polar surface area (TPSA) is 46.0 Å². The van der Waals surface area contributed by atoms with Crippen LogP contribution in [0.3, 0.4) is 0 Å². The summed E-state index contributed by atoms with van der Waals surface area (Å²) < 4.78 is 2.02. The second kappa shape index (κ2) is 5.09. The van der Waals surface area contributed by atoms with E-state index in [9.17, 15) is 0 Å². The van der Waals surface area contributed by atoms with E-state index in [4.69, 9.17) is 11.6 Å². The van der Waals surface area contributed by atoms with Gasteiger partial charge in [-0.25, -0.2) is 9.97 Å². The van der Waals surface area contributed by atoms with Crippen molar-refractivity contribution >= 4 is 40.0 Å². The third-order valence-corrected chi connectivity index (χ3v) is 4.44. The van der Waals surface area contributed by atoms with Crippen molar-refractivity contribution in [2.45, 2.75) is 10.9 Å². The van der Waals surface area contributed by atoms with Crippen molar-refractivity contribution in [1.29, 1.82) is 0 Å². The SMILES string of the molecule is Clc1ccc2nc(SCc3cccn4ccnc34)[nH]c2c1. The average molecular weight is 315 g/mol. The van der Waals surface area contributed by atoms with Gasteiger partial charge in [0, 0.05) is 34.9 Å². The Kier molecular flexibility index (Phi) is 3.09. The van der Waals surface area contributed by atoms with Gasteiger partial charge >= 0.3 is 0 Å². The number of pyridine rings is 1. The van der Waals surface area contributed by atoms with E-state index >= 15 is 0 Å². The minimum absolute atomic E-state index is 0.713. The molecule has 0 aliphatic heterocycles. The minimum atomic E-state index is 0.713. The summed E-state index contributed by atoms with van der Waals surface area (Å²) in [5.41, 5.74) is 4.07. The number of rotatable bonds is 3. The number of aromatic amines is 1. The molecule has 4 rings (SSSR count). The minimum Gasteiger partial charge on any atom is -0.333 e. The summed E-state index contributed by atoms with van der Waals surface area (Å²) in [6, 6.07) is 9.79. The molecule has 0 spiro atoms. The Labute approximate surface area is 130 Å². The maximum absolute atomic E-state index is 5.99. The Hall–Kier alpha value is -1.98. The van der Waals surface area contributed by atoms with Crippen LogP contribution in [0, 0.1) is 0 Å². The highest BCUT2D eigenvalue weighted by molar-refractivity contribution is 7.98. The summed E-state index contributed by atoms with van der Waals surface area (Å²) in [7, 11) is 0. The quantitative estimate of drug-likeness (QED) is 0.578. The Bertz CT molecular complexity index is 928. The number of aromatic nitrogens is 4. The van der Waals surface area contributed by atoms with Crippen LogP contribution in [0.1, 0.15) is 5.56 Å². The molecule has 0 aliphatic carbocycles. The number of hydrogen-bond donors (Lipinski definition) is 1. The molecule has 0 amide bonds. The number of imidazole rings is 2. The molecule has 0 aliphatic rings. The number of nitrogens with zero attached hydrogens (tertiary/aromatic N) is 3. The van der Waals surface area contributed by atoms with E-state index in [2.05, 4.69) is 21.0 Å². The molecule has 0 bridgehead atoms. The van der Waals surface area contributed by atoms with E-state index in [1.807, 2.05) is 47.3 Å². The maximum atomic E-state index is 5.99. The fraction of sp³-hybridized carbons (Fsp3) is 0.0667. The van der Waals surface area contributed by atoms with Crippen LogP contribution in [-0.2, 0) is 5.75 Å². The van der Waals surface area contributed by atoms with Crippen LogP contribution in [-0.4, -0.2) is 19.4 Å². The molecular weight excluding hydrogens is 304 g/mol. The number of H-pyrrole nitrogens is 1. The predicted molar refractivity (Wildman–Crippen MR) is 85.9 cm³/mol. The molecule has 1 aromatic carbocycles. The molecule has 0 saturated carbocycles. The van der Waals surface area contributed by atoms with Gasteiger partial charge in [-0.05, 0) is 24.3 Å². The molecular formula is C15H11ClN4S. The first-order valence-corrected chi connectivity index (χ1v) is 7.84. The smallest absolute Gasteiger partial charge is 0.166 e. The number of nitrogens with one attached hydrogen (secondary N) is 1. The lowest BCUT2D eigenvalue weighted by Gasteiger charge is -2.01. The van der Waals surface area contributed by atoms with Crippen LogP contribution in [0.5, 0.6) is 0 Å². The highest BCUT2D eigenvalue weighted by atomic mass is 35.5. The number of thioether (sulfide) groups is 1. The van der Waals surface area contributed by atoms with Gasteiger partial charge in [0.25, 0.3) is 0 Å². The van der Waals surface area contributed by atoms with Crippen LogP contribution >= 0.6 is 23.4 Å². The number of hydrogen-bond acceptors (Lipinski definition) is 3. The van der Waals surface area contributed by atoms with Gasteiger partial charge in [-0.2, -0.15) is 0 Å². The van der Waals surface area contributed by atoms with Gasteiger partial charge < -0.3 is 9.38 Å². The molecule has 0 unspecified atom stereocenters. The molecule has 4 aromatic rings. The molecule has 104 valence electrons. The van der Waals surface area contributed by atoms with E-state index < -0.39 is 0 Å². The van der Waals surface area contributed by atoms with Gasteiger partial charge in [0.05, 0.1) is 11.0 Å². The first kappa shape index (κ1) is 12.7. The van der Waals surface area contributed by atoms with Gasteiger partial charge in [-0.3, -0.25) is 0 Å². The zero-order valence-corrected chi connectivity index (χ0v) is 12.5. The van der Waals surface area contributed by atoms with E-state index in [0.717, 1.165) is 27.6 Å². The van der Waals surface area contributed by atoms with Crippen molar-refractivity contribution in [2.24, 2.45) is 0 Å². The van der Waals surface area contributed by atoms with Gasteiger partial charge in [0.2, 0.25) is 0 Å². The molecule has 0 atom stereocenters. The van der Waals surface area contributed by atoms with Crippen molar-refractivity contribution in [1.82, 2.24) is 19.4 Å². The second-order valence-corrected chi connectivity index (χ2v) is 6.08. The summed E-state index contributed by atoms with van der Waals surface area (Å²) in [5.74, 6) is 0.814. The van der Waals surface area contributed by atoms with E-state index in [1.54, 1.807) is 11.8 Å². The van der Waals surface area contributed by atoms with E-state index in [1.165, 1.54) is 5.56 Å². The van der Waals surface area contributed by atoms with Crippen LogP contribution in [0.4, 0.5) is 0 Å². The van der Waals surface area contributed by atoms with Crippen LogP contribution in [0.2, 0.25) is 5.02 Å². The second-order valence-electron chi connectivity index (χ2n) is 4.68. The first-order valence-electron chi connectivity index (χ1n) is 6.48. The number of fused-ring (bicyclic) bond motifs is 2. The van der Waals surface area contributed by atoms with Crippen molar-refractivity contribution in [2.75, 3.05) is 0 Å². The normalized spacial score (nSPS) is 11.5. The third kappa shape index (κ3) is 2.39. The van der Waals surface area contributed by atoms with E-state index in [-0.39, 0.29) is 0 Å². The van der Waals surface area contributed by atoms with Gasteiger partial charge in [-0.1, -0.05) is 29.4 Å². The fourth-order valence-electron chi connectivity index (χ4n) is 2.29. The monoisotopic (exact) mass is 314 g/mol. The average Bonchev–Trinajstić information content (AvgIpc) is 3.10. The van der Waals surface area contributed by atoms with Gasteiger partial charge in [0.1, 0.15) is 5.65 Å². The summed E-state index contributed by atoms with van der Waals surface area (Å²) >= 11 is 7.65. The Morgan fingerprint density at radius 3 is 3.14 bits per heavy atom. The zero-order chi connectivity index (χ0) is 14.2. The van der Waals surface area contributed by atoms with Crippen molar-refractivity contribution < 1.29 is 0 Å². The highest BCUT2D eigenvalue weighted by Crippen LogP contribution is 2.25. The lowest BCUT2D eigenvalue weighted by atomic mass is 10.3. The van der Waals surface area contributed by atoms with Gasteiger partial charge in [0.15, 0.2) is 5.16 Å². The standard InChI is InChI=1S/C15H11ClN4S/c16-11-3-4-12-13(8-11)19-15(18-12)21-9-10-2-1-6-20-7-5-17-14(10)20/h1-8H,9H2,(H,18,19). The third-order valence-electron chi connectivity index (χ3n) is 3.29. The first-order chi connectivity index (χ1) is 10.3. The molecule has 1 N–H and O–H groups in total. The van der Waals surface area contributed by atoms with Crippen LogP contribution < -0.4 is 0 Å². The Morgan fingerprint density at radius 1 is 1.24 bits per heavy atom. The molecule has 0 radical (unpaired) electrons. The molecule has 0 fully saturated rings. The van der Waals surface area contributed by atoms with Gasteiger partial charge in [-0.15, -0.1) is 0 Å². The Balaban J connectivity index is 1.61. The number of benzene rings is 1. The number of halogens is 1. The molecule has 0 saturated heterocycles. The molecule has 3 heterocycles. The summed E-state index contributed by atoms with van der Waals surface area (Å²) in [6.07, 6.45) is 5.76. The van der Waals surface area contributed by atoms with Crippen molar-refractivity contribution in [3.05, 3.63) is 59.5 Å². The lowest BCUT2D eigenvalue weighted by Crippen LogP contribution is -1.89. The summed E-state index contributed by atoms with van der Waals surface area (Å²) in [4.78, 5) is 12.2. The van der Waals surface area contributed by atoms with Crippen LogP contribution in [0.15, 0.2) is 54.1 Å². The molecule has 6 heteroatoms. The molecule has 3 aromatic heterocycles. The maximum Gasteiger partial charge on any atom is 0.166 e. The Morgan fingerprint density at radius 2 is 2.19 bits per heavy atom. The molecule has 21 heavy (non-hydrogen) atoms. The predicted octanol–water partition coefficient (Wildman–Crippen LogP) is 4.16. The summed E-state index contributed by atoms with van der Waals surface area (Å²) in [6.45, 7) is 0. The largest absolute Gasteiger partial charge is 0.333 e. The highest BCUT2D eigenvalue weighted by Gasteiger charge is 2.07. The van der Waals surface area contributed by atoms with E-state index in [0.29, 0.717) is 5.02 Å². The lowest BCUT2D eigenvalue weighted by molar-refractivity contribution is 1.08. The van der Waals surface area contributed by atoms with Crippen molar-refractivity contribution in [3.63, 3.8) is 0 Å². The summed E-state index contributed by atoms with van der Waals surface area (Å²) in [5, 5.41) is 1.60. The molecule has 4 nitrogen and oxygen atoms in total. The fourth-order valence-corrected chi connectivity index (χ4v) is 3.33. The zero-order valence-electron chi connectivity index (χ0n) is 11.0.